The van der Waals surface area contributed by atoms with E-state index in [1.54, 1.807) is 12.1 Å². The predicted molar refractivity (Wildman–Crippen MR) is 121 cm³/mol. The molecule has 0 aromatic heterocycles. The summed E-state index contributed by atoms with van der Waals surface area (Å²) in [5.74, 6) is -1.59. The molecular weight excluding hydrogens is 468 g/mol. The molecule has 4 rings (SSSR count). The molecule has 1 amide bonds. The molecule has 0 bridgehead atoms. The fourth-order valence-electron chi connectivity index (χ4n) is 4.19. The second kappa shape index (κ2) is 8.79. The van der Waals surface area contributed by atoms with Crippen molar-refractivity contribution in [3.8, 4) is 0 Å². The number of esters is 1. The van der Waals surface area contributed by atoms with Crippen LogP contribution in [0.4, 0.5) is 5.69 Å². The molecule has 2 atom stereocenters. The van der Waals surface area contributed by atoms with E-state index in [0.717, 1.165) is 5.56 Å². The summed E-state index contributed by atoms with van der Waals surface area (Å²) < 4.78 is 56.0. The third-order valence-electron chi connectivity index (χ3n) is 5.70. The van der Waals surface area contributed by atoms with Gasteiger partial charge in [0.05, 0.1) is 27.7 Å². The van der Waals surface area contributed by atoms with Gasteiger partial charge in [-0.05, 0) is 49.6 Å². The van der Waals surface area contributed by atoms with Crippen molar-refractivity contribution in [2.24, 2.45) is 0 Å². The number of sulfonamides is 1. The van der Waals surface area contributed by atoms with Crippen molar-refractivity contribution >= 4 is 37.4 Å². The van der Waals surface area contributed by atoms with Crippen LogP contribution in [0.25, 0.3) is 0 Å². The maximum Gasteiger partial charge on any atom is 0.338 e. The number of hydrogen-bond acceptors (Lipinski definition) is 7. The zero-order valence-electron chi connectivity index (χ0n) is 17.9. The van der Waals surface area contributed by atoms with Crippen molar-refractivity contribution < 1.29 is 31.2 Å². The first kappa shape index (κ1) is 23.2. The lowest BCUT2D eigenvalue weighted by Gasteiger charge is -2.24. The topological polar surface area (TPSA) is 127 Å². The van der Waals surface area contributed by atoms with E-state index < -0.39 is 44.4 Å². The predicted octanol–water partition coefficient (Wildman–Crippen LogP) is 1.29. The molecule has 0 unspecified atom stereocenters. The molecule has 0 spiro atoms. The Labute approximate surface area is 192 Å². The number of carbonyl (C=O) groups is 2. The van der Waals surface area contributed by atoms with E-state index in [-0.39, 0.29) is 28.0 Å². The van der Waals surface area contributed by atoms with E-state index in [1.807, 2.05) is 19.1 Å². The largest absolute Gasteiger partial charge is 0.452 e. The van der Waals surface area contributed by atoms with E-state index >= 15 is 0 Å². The van der Waals surface area contributed by atoms with Gasteiger partial charge in [-0.2, -0.15) is 0 Å². The third kappa shape index (κ3) is 4.88. The summed E-state index contributed by atoms with van der Waals surface area (Å²) in [5, 5.41) is 2.53. The van der Waals surface area contributed by atoms with Crippen LogP contribution in [0.1, 0.15) is 29.3 Å². The quantitative estimate of drug-likeness (QED) is 0.602. The minimum absolute atomic E-state index is 0.00699. The average molecular weight is 493 g/mol. The lowest BCUT2D eigenvalue weighted by Crippen LogP contribution is -2.38. The zero-order valence-corrected chi connectivity index (χ0v) is 19.6. The number of anilines is 1. The molecule has 9 nitrogen and oxygen atoms in total. The van der Waals surface area contributed by atoms with Gasteiger partial charge >= 0.3 is 5.97 Å². The standard InChI is InChI=1S/C22H24N2O7S2/c1-15-11-16-5-2-3-8-20(16)24(15)33(29,30)19-7-4-6-17(12-19)22(26)31-13-21(25)23-18-9-10-32(27,28)14-18/h2-8,12,15,18H,9-11,13-14H2,1H3,(H,23,25)/t15-,18+/m0/s1. The second-order valence-corrected chi connectivity index (χ2v) is 12.3. The molecule has 0 saturated carbocycles. The van der Waals surface area contributed by atoms with Gasteiger partial charge in [-0.25, -0.2) is 21.6 Å². The molecule has 0 radical (unpaired) electrons. The van der Waals surface area contributed by atoms with Crippen molar-refractivity contribution in [2.75, 3.05) is 22.4 Å². The Morgan fingerprint density at radius 3 is 2.64 bits per heavy atom. The summed E-state index contributed by atoms with van der Waals surface area (Å²) in [6.45, 7) is 1.23. The molecule has 0 aliphatic carbocycles. The van der Waals surface area contributed by atoms with Crippen molar-refractivity contribution in [2.45, 2.75) is 36.7 Å². The summed E-state index contributed by atoms with van der Waals surface area (Å²) in [7, 11) is -7.07. The van der Waals surface area contributed by atoms with E-state index in [4.69, 9.17) is 4.74 Å². The average Bonchev–Trinajstić information content (AvgIpc) is 3.29. The Balaban J connectivity index is 1.44. The number of sulfone groups is 1. The molecule has 2 aromatic rings. The Bertz CT molecular complexity index is 1310. The van der Waals surface area contributed by atoms with Gasteiger partial charge in [0.2, 0.25) is 0 Å². The van der Waals surface area contributed by atoms with Gasteiger partial charge in [0, 0.05) is 12.1 Å². The van der Waals surface area contributed by atoms with Gasteiger partial charge < -0.3 is 10.1 Å². The van der Waals surface area contributed by atoms with Crippen molar-refractivity contribution in [1.82, 2.24) is 5.32 Å². The zero-order chi connectivity index (χ0) is 23.8. The first-order valence-corrected chi connectivity index (χ1v) is 13.7. The Morgan fingerprint density at radius 2 is 1.91 bits per heavy atom. The highest BCUT2D eigenvalue weighted by molar-refractivity contribution is 7.93. The van der Waals surface area contributed by atoms with Crippen LogP contribution in [0.3, 0.4) is 0 Å². The lowest BCUT2D eigenvalue weighted by molar-refractivity contribution is -0.124. The second-order valence-electron chi connectivity index (χ2n) is 8.25. The minimum Gasteiger partial charge on any atom is -0.452 e. The maximum atomic E-state index is 13.4. The number of fused-ring (bicyclic) bond motifs is 1. The van der Waals surface area contributed by atoms with Crippen LogP contribution in [0.15, 0.2) is 53.4 Å². The molecular formula is C22H24N2O7S2. The van der Waals surface area contributed by atoms with Gasteiger partial charge in [0.15, 0.2) is 16.4 Å². The molecule has 1 fully saturated rings. The molecule has 11 heteroatoms. The van der Waals surface area contributed by atoms with E-state index in [1.165, 1.54) is 28.6 Å². The SMILES string of the molecule is C[C@H]1Cc2ccccc2N1S(=O)(=O)c1cccc(C(=O)OCC(=O)N[C@@H]2CCS(=O)(=O)C2)c1. The Hall–Kier alpha value is -2.92. The van der Waals surface area contributed by atoms with E-state index in [0.29, 0.717) is 18.5 Å². The summed E-state index contributed by atoms with van der Waals surface area (Å²) in [5.41, 5.74) is 1.54. The maximum absolute atomic E-state index is 13.4. The van der Waals surface area contributed by atoms with Crippen LogP contribution in [-0.4, -0.2) is 58.9 Å². The number of amides is 1. The van der Waals surface area contributed by atoms with Gasteiger partial charge in [-0.15, -0.1) is 0 Å². The third-order valence-corrected chi connectivity index (χ3v) is 9.40. The fraction of sp³-hybridized carbons (Fsp3) is 0.364. The van der Waals surface area contributed by atoms with Crippen LogP contribution in [-0.2, 0) is 35.8 Å². The minimum atomic E-state index is -3.93. The lowest BCUT2D eigenvalue weighted by atomic mass is 10.1. The molecule has 176 valence electrons. The van der Waals surface area contributed by atoms with Crippen molar-refractivity contribution in [3.05, 3.63) is 59.7 Å². The van der Waals surface area contributed by atoms with Crippen LogP contribution >= 0.6 is 0 Å². The highest BCUT2D eigenvalue weighted by Gasteiger charge is 2.36. The number of carbonyl (C=O) groups excluding carboxylic acids is 2. The summed E-state index contributed by atoms with van der Waals surface area (Å²) in [6, 6.07) is 12.0. The molecule has 2 heterocycles. The molecule has 2 aromatic carbocycles. The summed E-state index contributed by atoms with van der Waals surface area (Å²) in [6.07, 6.45) is 0.911. The number of nitrogens with one attached hydrogen (secondary N) is 1. The number of nitrogens with zero attached hydrogens (tertiary/aromatic N) is 1. The first-order chi connectivity index (χ1) is 15.6. The normalized spacial score (nSPS) is 21.4. The number of rotatable bonds is 6. The number of benzene rings is 2. The summed E-state index contributed by atoms with van der Waals surface area (Å²) >= 11 is 0. The number of hydrogen-bond donors (Lipinski definition) is 1. The van der Waals surface area contributed by atoms with Crippen molar-refractivity contribution in [3.63, 3.8) is 0 Å². The van der Waals surface area contributed by atoms with E-state index in [9.17, 15) is 26.4 Å². The van der Waals surface area contributed by atoms with Crippen LogP contribution in [0.5, 0.6) is 0 Å². The Morgan fingerprint density at radius 1 is 1.15 bits per heavy atom. The van der Waals surface area contributed by atoms with Crippen LogP contribution in [0, 0.1) is 0 Å². The molecule has 33 heavy (non-hydrogen) atoms. The first-order valence-electron chi connectivity index (χ1n) is 10.5. The van der Waals surface area contributed by atoms with Crippen molar-refractivity contribution in [1.29, 1.82) is 0 Å². The highest BCUT2D eigenvalue weighted by Crippen LogP contribution is 2.36. The Kier molecular flexibility index (Phi) is 6.19. The number of ether oxygens (including phenoxy) is 1. The summed E-state index contributed by atoms with van der Waals surface area (Å²) in [4.78, 5) is 24.4. The highest BCUT2D eigenvalue weighted by atomic mass is 32.2. The van der Waals surface area contributed by atoms with Gasteiger partial charge in [0.1, 0.15) is 0 Å². The molecule has 1 N–H and O–H groups in total. The smallest absolute Gasteiger partial charge is 0.338 e. The van der Waals surface area contributed by atoms with E-state index in [2.05, 4.69) is 5.32 Å². The number of para-hydroxylation sites is 1. The van der Waals surface area contributed by atoms with Gasteiger partial charge in [-0.1, -0.05) is 24.3 Å². The van der Waals surface area contributed by atoms with Gasteiger partial charge in [-0.3, -0.25) is 9.10 Å². The van der Waals surface area contributed by atoms with Crippen LogP contribution in [0.2, 0.25) is 0 Å². The molecule has 1 saturated heterocycles. The monoisotopic (exact) mass is 492 g/mol. The van der Waals surface area contributed by atoms with Crippen LogP contribution < -0.4 is 9.62 Å². The molecule has 2 aliphatic rings. The fourth-order valence-corrected chi connectivity index (χ4v) is 7.61. The van der Waals surface area contributed by atoms with Gasteiger partial charge in [0.25, 0.3) is 15.9 Å². The molecule has 2 aliphatic heterocycles.